The predicted molar refractivity (Wildman–Crippen MR) is 69.4 cm³/mol. The van der Waals surface area contributed by atoms with Crippen LogP contribution in [0.3, 0.4) is 0 Å². The van der Waals surface area contributed by atoms with Gasteiger partial charge in [-0.1, -0.05) is 19.1 Å². The van der Waals surface area contributed by atoms with Gasteiger partial charge in [0.25, 0.3) is 5.91 Å². The third kappa shape index (κ3) is 4.37. The number of rotatable bonds is 7. The van der Waals surface area contributed by atoms with E-state index in [9.17, 15) is 13.2 Å². The minimum Gasteiger partial charge on any atom is -0.493 e. The molecule has 0 bridgehead atoms. The molecule has 0 spiro atoms. The summed E-state index contributed by atoms with van der Waals surface area (Å²) in [4.78, 5) is 11.1. The van der Waals surface area contributed by atoms with Crippen LogP contribution in [0.2, 0.25) is 0 Å². The molecule has 1 rings (SSSR count). The van der Waals surface area contributed by atoms with E-state index in [2.05, 4.69) is 0 Å². The first-order chi connectivity index (χ1) is 8.46. The number of carbonyl (C=O) groups excluding carboxylic acids is 1. The molecular weight excluding hydrogens is 254 g/mol. The largest absolute Gasteiger partial charge is 0.493 e. The number of primary amides is 1. The molecule has 0 fully saturated rings. The number of para-hydroxylation sites is 1. The summed E-state index contributed by atoms with van der Waals surface area (Å²) in [6.07, 6.45) is 0.392. The van der Waals surface area contributed by atoms with Crippen molar-refractivity contribution in [2.75, 3.05) is 18.1 Å². The summed E-state index contributed by atoms with van der Waals surface area (Å²) in [5.41, 5.74) is 5.50. The van der Waals surface area contributed by atoms with Gasteiger partial charge in [-0.2, -0.15) is 0 Å². The summed E-state index contributed by atoms with van der Waals surface area (Å²) < 4.78 is 27.9. The van der Waals surface area contributed by atoms with Gasteiger partial charge in [-0.25, -0.2) is 8.42 Å². The summed E-state index contributed by atoms with van der Waals surface area (Å²) in [7, 11) is -2.97. The van der Waals surface area contributed by atoms with E-state index < -0.39 is 15.7 Å². The van der Waals surface area contributed by atoms with Crippen LogP contribution in [0.1, 0.15) is 23.7 Å². The van der Waals surface area contributed by atoms with Gasteiger partial charge in [0, 0.05) is 5.75 Å². The molecule has 1 aromatic rings. The van der Waals surface area contributed by atoms with Gasteiger partial charge < -0.3 is 10.5 Å². The van der Waals surface area contributed by atoms with Crippen molar-refractivity contribution >= 4 is 15.7 Å². The molecule has 0 radical (unpaired) electrons. The molecule has 2 N–H and O–H groups in total. The van der Waals surface area contributed by atoms with Crippen molar-refractivity contribution in [1.82, 2.24) is 0 Å². The Labute approximate surface area is 107 Å². The van der Waals surface area contributed by atoms with Crippen molar-refractivity contribution in [2.45, 2.75) is 13.3 Å². The van der Waals surface area contributed by atoms with E-state index in [1.807, 2.05) is 0 Å². The second-order valence-electron chi connectivity index (χ2n) is 3.80. The first-order valence-corrected chi connectivity index (χ1v) is 7.50. The lowest BCUT2D eigenvalue weighted by Gasteiger charge is -2.09. The van der Waals surface area contributed by atoms with Crippen LogP contribution < -0.4 is 10.5 Å². The van der Waals surface area contributed by atoms with Crippen molar-refractivity contribution in [3.63, 3.8) is 0 Å². The van der Waals surface area contributed by atoms with E-state index in [0.29, 0.717) is 17.7 Å². The van der Waals surface area contributed by atoms with E-state index in [4.69, 9.17) is 10.5 Å². The summed E-state index contributed by atoms with van der Waals surface area (Å²) in [6, 6.07) is 6.62. The normalized spacial score (nSPS) is 11.2. The van der Waals surface area contributed by atoms with E-state index in [0.717, 1.165) is 0 Å². The number of sulfone groups is 1. The molecule has 5 nitrogen and oxygen atoms in total. The second-order valence-corrected chi connectivity index (χ2v) is 6.27. The highest BCUT2D eigenvalue weighted by Crippen LogP contribution is 2.17. The lowest BCUT2D eigenvalue weighted by molar-refractivity contribution is 0.0996. The van der Waals surface area contributed by atoms with Gasteiger partial charge in [0.2, 0.25) is 0 Å². The maximum Gasteiger partial charge on any atom is 0.252 e. The number of nitrogens with two attached hydrogens (primary N) is 1. The van der Waals surface area contributed by atoms with Gasteiger partial charge in [-0.3, -0.25) is 4.79 Å². The van der Waals surface area contributed by atoms with Crippen molar-refractivity contribution in [2.24, 2.45) is 5.73 Å². The molecule has 0 saturated carbocycles. The van der Waals surface area contributed by atoms with Crippen LogP contribution >= 0.6 is 0 Å². The van der Waals surface area contributed by atoms with Crippen LogP contribution in [0.5, 0.6) is 5.75 Å². The monoisotopic (exact) mass is 271 g/mol. The topological polar surface area (TPSA) is 86.5 Å². The minimum atomic E-state index is -2.97. The Bertz CT molecular complexity index is 511. The zero-order chi connectivity index (χ0) is 13.6. The molecule has 1 amide bonds. The van der Waals surface area contributed by atoms with Gasteiger partial charge >= 0.3 is 0 Å². The molecule has 0 saturated heterocycles. The number of benzene rings is 1. The Morgan fingerprint density at radius 1 is 1.33 bits per heavy atom. The Morgan fingerprint density at radius 3 is 2.61 bits per heavy atom. The standard InChI is InChI=1S/C12H17NO4S/c1-2-18(15,16)9-5-8-17-11-7-4-3-6-10(11)12(13)14/h3-4,6-7H,2,5,8-9H2,1H3,(H2,13,14). The fourth-order valence-electron chi connectivity index (χ4n) is 1.40. The zero-order valence-corrected chi connectivity index (χ0v) is 11.1. The molecule has 0 aromatic heterocycles. The molecule has 0 aliphatic rings. The van der Waals surface area contributed by atoms with Crippen LogP contribution in [-0.4, -0.2) is 32.4 Å². The van der Waals surface area contributed by atoms with Gasteiger partial charge in [0.15, 0.2) is 0 Å². The predicted octanol–water partition coefficient (Wildman–Crippen LogP) is 0.989. The SMILES string of the molecule is CCS(=O)(=O)CCCOc1ccccc1C(N)=O. The molecule has 6 heteroatoms. The Balaban J connectivity index is 2.52. The lowest BCUT2D eigenvalue weighted by Crippen LogP contribution is -2.15. The van der Waals surface area contributed by atoms with Crippen molar-refractivity contribution in [3.05, 3.63) is 29.8 Å². The number of ether oxygens (including phenoxy) is 1. The highest BCUT2D eigenvalue weighted by atomic mass is 32.2. The zero-order valence-electron chi connectivity index (χ0n) is 10.3. The Hall–Kier alpha value is -1.56. The number of hydrogen-bond acceptors (Lipinski definition) is 4. The molecular formula is C12H17NO4S. The van der Waals surface area contributed by atoms with Crippen LogP contribution in [0, 0.1) is 0 Å². The second kappa shape index (κ2) is 6.39. The highest BCUT2D eigenvalue weighted by Gasteiger charge is 2.10. The van der Waals surface area contributed by atoms with Gasteiger partial charge in [-0.15, -0.1) is 0 Å². The maximum atomic E-state index is 11.3. The van der Waals surface area contributed by atoms with Gasteiger partial charge in [-0.05, 0) is 18.6 Å². The van der Waals surface area contributed by atoms with E-state index in [1.165, 1.54) is 0 Å². The number of hydrogen-bond donors (Lipinski definition) is 1. The Kier molecular flexibility index (Phi) is 5.15. The first-order valence-electron chi connectivity index (χ1n) is 5.68. The molecule has 18 heavy (non-hydrogen) atoms. The first kappa shape index (κ1) is 14.5. The van der Waals surface area contributed by atoms with Gasteiger partial charge in [0.1, 0.15) is 15.6 Å². The molecule has 100 valence electrons. The van der Waals surface area contributed by atoms with Crippen LogP contribution in [0.15, 0.2) is 24.3 Å². The third-order valence-corrected chi connectivity index (χ3v) is 4.24. The van der Waals surface area contributed by atoms with E-state index in [1.54, 1.807) is 31.2 Å². The molecule has 0 aliphatic heterocycles. The van der Waals surface area contributed by atoms with Crippen LogP contribution in [0.25, 0.3) is 0 Å². The summed E-state index contributed by atoms with van der Waals surface area (Å²) in [5.74, 6) is 0.0401. The summed E-state index contributed by atoms with van der Waals surface area (Å²) in [5, 5.41) is 0. The third-order valence-electron chi connectivity index (χ3n) is 2.45. The minimum absolute atomic E-state index is 0.0856. The molecule has 0 heterocycles. The van der Waals surface area contributed by atoms with E-state index >= 15 is 0 Å². The quantitative estimate of drug-likeness (QED) is 0.749. The Morgan fingerprint density at radius 2 is 2.00 bits per heavy atom. The molecule has 0 unspecified atom stereocenters. The molecule has 0 aliphatic carbocycles. The fraction of sp³-hybridized carbons (Fsp3) is 0.417. The smallest absolute Gasteiger partial charge is 0.252 e. The fourth-order valence-corrected chi connectivity index (χ4v) is 2.25. The molecule has 1 aromatic carbocycles. The number of amides is 1. The summed E-state index contributed by atoms with van der Waals surface area (Å²) >= 11 is 0. The van der Waals surface area contributed by atoms with Crippen molar-refractivity contribution in [1.29, 1.82) is 0 Å². The summed E-state index contributed by atoms with van der Waals surface area (Å²) in [6.45, 7) is 1.85. The van der Waals surface area contributed by atoms with Gasteiger partial charge in [0.05, 0.1) is 17.9 Å². The van der Waals surface area contributed by atoms with Crippen LogP contribution in [-0.2, 0) is 9.84 Å². The highest BCUT2D eigenvalue weighted by molar-refractivity contribution is 7.91. The van der Waals surface area contributed by atoms with Crippen LogP contribution in [0.4, 0.5) is 0 Å². The lowest BCUT2D eigenvalue weighted by atomic mass is 10.2. The number of carbonyl (C=O) groups is 1. The van der Waals surface area contributed by atoms with Crippen molar-refractivity contribution in [3.8, 4) is 5.75 Å². The molecule has 0 atom stereocenters. The van der Waals surface area contributed by atoms with E-state index in [-0.39, 0.29) is 18.1 Å². The average Bonchev–Trinajstić information content (AvgIpc) is 2.35. The average molecular weight is 271 g/mol. The maximum absolute atomic E-state index is 11.3. The van der Waals surface area contributed by atoms with Crippen molar-refractivity contribution < 1.29 is 17.9 Å².